The van der Waals surface area contributed by atoms with Crippen LogP contribution < -0.4 is 0 Å². The lowest BCUT2D eigenvalue weighted by molar-refractivity contribution is 0.443. The van der Waals surface area contributed by atoms with E-state index in [-0.39, 0.29) is 5.76 Å². The number of nitrogens with zero attached hydrogens (tertiary/aromatic N) is 1. The fourth-order valence-corrected chi connectivity index (χ4v) is 1.07. The van der Waals surface area contributed by atoms with Crippen molar-refractivity contribution in [1.29, 1.82) is 5.26 Å². The lowest BCUT2D eigenvalue weighted by Gasteiger charge is -2.15. The normalized spacial score (nSPS) is 9.40. The summed E-state index contributed by atoms with van der Waals surface area (Å²) in [6.07, 6.45) is 0. The predicted octanol–water partition coefficient (Wildman–Crippen LogP) is 1.08. The van der Waals surface area contributed by atoms with Crippen LogP contribution in [0.15, 0.2) is 5.76 Å². The maximum Gasteiger partial charge on any atom is 0.270 e. The summed E-state index contributed by atoms with van der Waals surface area (Å²) in [5.74, 6) is 1.19. The summed E-state index contributed by atoms with van der Waals surface area (Å²) in [6, 6.07) is 1.61. The average Bonchev–Trinajstić information content (AvgIpc) is 1.81. The van der Waals surface area contributed by atoms with E-state index in [1.54, 1.807) is 6.07 Å². The molecule has 0 bridgehead atoms. The number of nitriles is 1. The molecule has 0 saturated heterocycles. The Labute approximate surface area is 61.0 Å². The van der Waals surface area contributed by atoms with E-state index in [2.05, 4.69) is 0 Å². The maximum absolute atomic E-state index is 9.93. The van der Waals surface area contributed by atoms with Gasteiger partial charge in [0.2, 0.25) is 8.32 Å². The molecule has 0 aliphatic heterocycles. The van der Waals surface area contributed by atoms with Crippen molar-refractivity contribution in [2.75, 3.05) is 0 Å². The second kappa shape index (κ2) is 3.21. The van der Waals surface area contributed by atoms with Gasteiger partial charge < -0.3 is 4.43 Å². The van der Waals surface area contributed by atoms with Crippen molar-refractivity contribution in [3.8, 4) is 6.07 Å². The van der Waals surface area contributed by atoms with Crippen LogP contribution in [0.1, 0.15) is 0 Å². The lowest BCUT2D eigenvalue weighted by Crippen LogP contribution is -2.24. The van der Waals surface area contributed by atoms with E-state index in [1.807, 2.05) is 19.6 Å². The lowest BCUT2D eigenvalue weighted by atomic mass is 10.6. The molecule has 0 amide bonds. The van der Waals surface area contributed by atoms with Crippen molar-refractivity contribution in [2.45, 2.75) is 19.6 Å². The fourth-order valence-electron chi connectivity index (χ4n) is 0.373. The molecule has 0 spiro atoms. The first-order valence-corrected chi connectivity index (χ1v) is 6.24. The second-order valence-electron chi connectivity index (χ2n) is 2.76. The Morgan fingerprint density at radius 3 is 2.10 bits per heavy atom. The highest BCUT2D eigenvalue weighted by Crippen LogP contribution is 2.06. The smallest absolute Gasteiger partial charge is 0.270 e. The van der Waals surface area contributed by atoms with Crippen molar-refractivity contribution in [3.63, 3.8) is 0 Å². The summed E-state index contributed by atoms with van der Waals surface area (Å²) >= 11 is 0. The maximum atomic E-state index is 9.93. The largest absolute Gasteiger partial charge is 0.530 e. The van der Waals surface area contributed by atoms with Crippen LogP contribution in [0.3, 0.4) is 0 Å². The molecule has 10 heavy (non-hydrogen) atoms. The first-order valence-electron chi connectivity index (χ1n) is 2.84. The molecule has 0 aliphatic rings. The summed E-state index contributed by atoms with van der Waals surface area (Å²) in [6.45, 7) is 5.67. The van der Waals surface area contributed by atoms with Crippen LogP contribution in [-0.4, -0.2) is 14.3 Å². The van der Waals surface area contributed by atoms with Crippen LogP contribution in [0.4, 0.5) is 0 Å². The highest BCUT2D eigenvalue weighted by atomic mass is 28.4. The third kappa shape index (κ3) is 3.90. The Bertz CT molecular complexity index is 205. The van der Waals surface area contributed by atoms with Gasteiger partial charge in [0.15, 0.2) is 5.94 Å². The number of hydrogen-bond acceptors (Lipinski definition) is 3. The highest BCUT2D eigenvalue weighted by molar-refractivity contribution is 6.70. The Morgan fingerprint density at radius 2 is 2.00 bits per heavy atom. The molecule has 0 radical (unpaired) electrons. The summed E-state index contributed by atoms with van der Waals surface area (Å²) in [7, 11) is -1.78. The number of rotatable bonds is 2. The van der Waals surface area contributed by atoms with Crippen LogP contribution in [0.5, 0.6) is 0 Å². The SMILES string of the molecule is C[Si](C)(C)OC(=C=O)C#N. The van der Waals surface area contributed by atoms with Gasteiger partial charge in [0.1, 0.15) is 6.07 Å². The molecule has 0 heterocycles. The molecule has 0 aromatic heterocycles. The van der Waals surface area contributed by atoms with E-state index in [0.29, 0.717) is 0 Å². The monoisotopic (exact) mass is 155 g/mol. The van der Waals surface area contributed by atoms with Gasteiger partial charge in [-0.25, -0.2) is 4.79 Å². The zero-order chi connectivity index (χ0) is 8.20. The van der Waals surface area contributed by atoms with Gasteiger partial charge in [-0.1, -0.05) is 0 Å². The van der Waals surface area contributed by atoms with E-state index in [4.69, 9.17) is 9.69 Å². The van der Waals surface area contributed by atoms with Crippen LogP contribution in [0.25, 0.3) is 0 Å². The average molecular weight is 155 g/mol. The third-order valence-electron chi connectivity index (χ3n) is 0.602. The predicted molar refractivity (Wildman–Crippen MR) is 39.3 cm³/mol. The minimum atomic E-state index is -1.78. The Hall–Kier alpha value is -1.04. The van der Waals surface area contributed by atoms with E-state index in [0.717, 1.165) is 0 Å². The Balaban J connectivity index is 4.19. The van der Waals surface area contributed by atoms with E-state index in [9.17, 15) is 4.79 Å². The molecule has 54 valence electrons. The van der Waals surface area contributed by atoms with E-state index < -0.39 is 8.32 Å². The van der Waals surface area contributed by atoms with Gasteiger partial charge in [-0.15, -0.1) is 0 Å². The Morgan fingerprint density at radius 1 is 1.50 bits per heavy atom. The fraction of sp³-hybridized carbons (Fsp3) is 0.500. The topological polar surface area (TPSA) is 50.1 Å². The van der Waals surface area contributed by atoms with Gasteiger partial charge in [-0.05, 0) is 19.6 Å². The zero-order valence-electron chi connectivity index (χ0n) is 6.26. The summed E-state index contributed by atoms with van der Waals surface area (Å²) in [5, 5.41) is 8.24. The second-order valence-corrected chi connectivity index (χ2v) is 7.19. The van der Waals surface area contributed by atoms with Crippen molar-refractivity contribution in [1.82, 2.24) is 0 Å². The van der Waals surface area contributed by atoms with Gasteiger partial charge in [0.25, 0.3) is 5.76 Å². The van der Waals surface area contributed by atoms with Gasteiger partial charge in [-0.2, -0.15) is 5.26 Å². The molecule has 0 aromatic carbocycles. The molecule has 0 aromatic rings. The van der Waals surface area contributed by atoms with Gasteiger partial charge in [0, 0.05) is 0 Å². The Kier molecular flexibility index (Phi) is 2.87. The molecule has 4 heteroatoms. The zero-order valence-corrected chi connectivity index (χ0v) is 7.26. The van der Waals surface area contributed by atoms with Crippen LogP contribution in [0.2, 0.25) is 19.6 Å². The van der Waals surface area contributed by atoms with Crippen molar-refractivity contribution >= 4 is 14.3 Å². The molecule has 0 aliphatic carbocycles. The summed E-state index contributed by atoms with van der Waals surface area (Å²) in [5.41, 5.74) is 0. The minimum absolute atomic E-state index is 0.237. The van der Waals surface area contributed by atoms with E-state index in [1.165, 1.54) is 5.94 Å². The minimum Gasteiger partial charge on any atom is -0.530 e. The first kappa shape index (κ1) is 8.96. The highest BCUT2D eigenvalue weighted by Gasteiger charge is 2.17. The number of carbonyl (C=O) groups excluding carboxylic acids is 1. The summed E-state index contributed by atoms with van der Waals surface area (Å²) < 4.78 is 5.01. The molecule has 0 saturated carbocycles. The summed E-state index contributed by atoms with van der Waals surface area (Å²) in [4.78, 5) is 9.93. The quantitative estimate of drug-likeness (QED) is 0.259. The van der Waals surface area contributed by atoms with Crippen molar-refractivity contribution in [2.24, 2.45) is 0 Å². The van der Waals surface area contributed by atoms with Gasteiger partial charge >= 0.3 is 0 Å². The third-order valence-corrected chi connectivity index (χ3v) is 1.42. The number of hydrogen-bond donors (Lipinski definition) is 0. The first-order chi connectivity index (χ1) is 4.49. The molecule has 0 rings (SSSR count). The molecule has 0 atom stereocenters. The molecular formula is C6H9NO2Si. The van der Waals surface area contributed by atoms with Crippen molar-refractivity contribution < 1.29 is 9.22 Å². The van der Waals surface area contributed by atoms with Crippen LogP contribution in [0, 0.1) is 11.3 Å². The van der Waals surface area contributed by atoms with E-state index >= 15 is 0 Å². The van der Waals surface area contributed by atoms with Crippen molar-refractivity contribution in [3.05, 3.63) is 5.76 Å². The van der Waals surface area contributed by atoms with Crippen LogP contribution in [-0.2, 0) is 9.22 Å². The standard InChI is InChI=1S/C6H9NO2Si/c1-10(2,3)9-6(4-7)5-8/h1-3H3. The number of allylic oxidation sites excluding steroid dienone is 1. The van der Waals surface area contributed by atoms with Gasteiger partial charge in [0.05, 0.1) is 0 Å². The molecule has 0 unspecified atom stereocenters. The molecular weight excluding hydrogens is 146 g/mol. The van der Waals surface area contributed by atoms with Gasteiger partial charge in [-0.3, -0.25) is 0 Å². The molecule has 0 fully saturated rings. The molecule has 3 nitrogen and oxygen atoms in total. The molecule has 0 N–H and O–H groups in total. The van der Waals surface area contributed by atoms with Crippen LogP contribution >= 0.6 is 0 Å².